The molecule has 1 rings (SSSR count). The van der Waals surface area contributed by atoms with E-state index in [1.54, 1.807) is 0 Å². The Bertz CT molecular complexity index is 158. The molecule has 1 N–H and O–H groups in total. The fourth-order valence-electron chi connectivity index (χ4n) is 0.541. The summed E-state index contributed by atoms with van der Waals surface area (Å²) in [6.07, 6.45) is 3.03. The lowest BCUT2D eigenvalue weighted by molar-refractivity contribution is -0.134. The molecule has 0 spiro atoms. The summed E-state index contributed by atoms with van der Waals surface area (Å²) in [4.78, 5) is 9.82. The fourth-order valence-corrected chi connectivity index (χ4v) is 0.541. The highest BCUT2D eigenvalue weighted by Gasteiger charge is 2.21. The molecule has 50 valence electrons. The molecule has 0 heterocycles. The van der Waals surface area contributed by atoms with Crippen LogP contribution in [-0.4, -0.2) is 11.1 Å². The summed E-state index contributed by atoms with van der Waals surface area (Å²) in [6, 6.07) is 0. The molecule has 0 radical (unpaired) electrons. The van der Waals surface area contributed by atoms with Crippen LogP contribution in [0, 0.1) is 5.92 Å². The SMILES string of the molecule is O=C(O)/C(F)=C\C1CC1. The highest BCUT2D eigenvalue weighted by Crippen LogP contribution is 2.31. The first kappa shape index (κ1) is 6.26. The van der Waals surface area contributed by atoms with E-state index >= 15 is 0 Å². The monoisotopic (exact) mass is 130 g/mol. The molecule has 1 aliphatic carbocycles. The zero-order chi connectivity index (χ0) is 6.85. The van der Waals surface area contributed by atoms with Crippen LogP contribution < -0.4 is 0 Å². The van der Waals surface area contributed by atoms with E-state index in [0.717, 1.165) is 12.8 Å². The first-order valence-electron chi connectivity index (χ1n) is 2.81. The summed E-state index contributed by atoms with van der Waals surface area (Å²) in [5.41, 5.74) is 0. The van der Waals surface area contributed by atoms with Crippen LogP contribution in [0.5, 0.6) is 0 Å². The van der Waals surface area contributed by atoms with Crippen molar-refractivity contribution in [3.63, 3.8) is 0 Å². The minimum absolute atomic E-state index is 0.195. The van der Waals surface area contributed by atoms with E-state index in [2.05, 4.69) is 0 Å². The average molecular weight is 130 g/mol. The van der Waals surface area contributed by atoms with Crippen LogP contribution in [-0.2, 0) is 4.79 Å². The second-order valence-electron chi connectivity index (χ2n) is 2.16. The Morgan fingerprint density at radius 1 is 1.67 bits per heavy atom. The Kier molecular flexibility index (Phi) is 1.51. The number of hydrogen-bond acceptors (Lipinski definition) is 1. The molecule has 9 heavy (non-hydrogen) atoms. The van der Waals surface area contributed by atoms with E-state index in [0.29, 0.717) is 0 Å². The topological polar surface area (TPSA) is 37.3 Å². The number of allylic oxidation sites excluding steroid dienone is 1. The maximum absolute atomic E-state index is 12.1. The lowest BCUT2D eigenvalue weighted by Crippen LogP contribution is -1.94. The Hall–Kier alpha value is -0.860. The van der Waals surface area contributed by atoms with E-state index < -0.39 is 11.8 Å². The molecule has 1 saturated carbocycles. The van der Waals surface area contributed by atoms with Crippen molar-refractivity contribution in [1.29, 1.82) is 0 Å². The van der Waals surface area contributed by atoms with Gasteiger partial charge in [0.05, 0.1) is 0 Å². The van der Waals surface area contributed by atoms with Crippen LogP contribution in [0.15, 0.2) is 11.9 Å². The van der Waals surface area contributed by atoms with Crippen molar-refractivity contribution in [2.75, 3.05) is 0 Å². The summed E-state index contributed by atoms with van der Waals surface area (Å²) in [7, 11) is 0. The number of carboxylic acids is 1. The Morgan fingerprint density at radius 3 is 2.56 bits per heavy atom. The maximum Gasteiger partial charge on any atom is 0.364 e. The van der Waals surface area contributed by atoms with Crippen LogP contribution in [0.3, 0.4) is 0 Å². The number of halogens is 1. The smallest absolute Gasteiger partial charge is 0.364 e. The second-order valence-corrected chi connectivity index (χ2v) is 2.16. The highest BCUT2D eigenvalue weighted by atomic mass is 19.1. The van der Waals surface area contributed by atoms with Crippen molar-refractivity contribution in [2.24, 2.45) is 5.92 Å². The number of hydrogen-bond donors (Lipinski definition) is 1. The molecule has 0 aromatic rings. The lowest BCUT2D eigenvalue weighted by Gasteiger charge is -1.84. The zero-order valence-corrected chi connectivity index (χ0v) is 4.80. The average Bonchev–Trinajstić information content (AvgIpc) is 2.50. The first-order valence-corrected chi connectivity index (χ1v) is 2.81. The van der Waals surface area contributed by atoms with Crippen molar-refractivity contribution < 1.29 is 14.3 Å². The van der Waals surface area contributed by atoms with E-state index in [4.69, 9.17) is 5.11 Å². The van der Waals surface area contributed by atoms with Gasteiger partial charge in [0, 0.05) is 0 Å². The molecule has 0 saturated heterocycles. The number of aliphatic carboxylic acids is 1. The predicted molar refractivity (Wildman–Crippen MR) is 29.6 cm³/mol. The quantitative estimate of drug-likeness (QED) is 0.572. The zero-order valence-electron chi connectivity index (χ0n) is 4.80. The van der Waals surface area contributed by atoms with Crippen LogP contribution >= 0.6 is 0 Å². The summed E-state index contributed by atoms with van der Waals surface area (Å²) in [6.45, 7) is 0. The van der Waals surface area contributed by atoms with Crippen molar-refractivity contribution >= 4 is 5.97 Å². The molecular formula is C6H7FO2. The minimum Gasteiger partial charge on any atom is -0.476 e. The van der Waals surface area contributed by atoms with Gasteiger partial charge in [-0.1, -0.05) is 0 Å². The normalized spacial score (nSPS) is 19.9. The van der Waals surface area contributed by atoms with Gasteiger partial charge in [-0.2, -0.15) is 4.39 Å². The Labute approximate surface area is 52.0 Å². The van der Waals surface area contributed by atoms with Gasteiger partial charge in [-0.3, -0.25) is 0 Å². The third-order valence-electron chi connectivity index (χ3n) is 1.21. The van der Waals surface area contributed by atoms with Gasteiger partial charge in [-0.25, -0.2) is 4.79 Å². The molecule has 0 aromatic heterocycles. The molecule has 0 unspecified atom stereocenters. The summed E-state index contributed by atoms with van der Waals surface area (Å²) >= 11 is 0. The van der Waals surface area contributed by atoms with Crippen molar-refractivity contribution in [3.05, 3.63) is 11.9 Å². The minimum atomic E-state index is -1.46. The molecule has 3 heteroatoms. The molecule has 0 aliphatic heterocycles. The second kappa shape index (κ2) is 2.17. The predicted octanol–water partition coefficient (Wildman–Crippen LogP) is 1.33. The van der Waals surface area contributed by atoms with Gasteiger partial charge in [0.25, 0.3) is 0 Å². The van der Waals surface area contributed by atoms with Gasteiger partial charge in [0.15, 0.2) is 0 Å². The summed E-state index contributed by atoms with van der Waals surface area (Å²) < 4.78 is 12.1. The Balaban J connectivity index is 2.46. The summed E-state index contributed by atoms with van der Waals surface area (Å²) in [5, 5.41) is 8.02. The van der Waals surface area contributed by atoms with Crippen LogP contribution in [0.25, 0.3) is 0 Å². The van der Waals surface area contributed by atoms with Crippen molar-refractivity contribution in [2.45, 2.75) is 12.8 Å². The van der Waals surface area contributed by atoms with Gasteiger partial charge >= 0.3 is 5.97 Å². The van der Waals surface area contributed by atoms with Gasteiger partial charge < -0.3 is 5.11 Å². The first-order chi connectivity index (χ1) is 4.20. The fraction of sp³-hybridized carbons (Fsp3) is 0.500. The molecule has 2 nitrogen and oxygen atoms in total. The summed E-state index contributed by atoms with van der Waals surface area (Å²) in [5.74, 6) is -2.28. The van der Waals surface area contributed by atoms with Gasteiger partial charge in [0.1, 0.15) is 0 Å². The van der Waals surface area contributed by atoms with Crippen LogP contribution in [0.1, 0.15) is 12.8 Å². The molecule has 0 amide bonds. The molecule has 0 bridgehead atoms. The molecule has 1 fully saturated rings. The number of carboxylic acid groups (broad SMARTS) is 1. The number of carbonyl (C=O) groups is 1. The van der Waals surface area contributed by atoms with Crippen molar-refractivity contribution in [1.82, 2.24) is 0 Å². The molecular weight excluding hydrogens is 123 g/mol. The Morgan fingerprint density at radius 2 is 2.22 bits per heavy atom. The third kappa shape index (κ3) is 1.83. The maximum atomic E-state index is 12.1. The largest absolute Gasteiger partial charge is 0.476 e. The van der Waals surface area contributed by atoms with Gasteiger partial charge in [-0.15, -0.1) is 0 Å². The van der Waals surface area contributed by atoms with E-state index in [1.807, 2.05) is 0 Å². The standard InChI is InChI=1S/C6H7FO2/c7-5(6(8)9)3-4-1-2-4/h3-4H,1-2H2,(H,8,9)/b5-3+. The molecule has 1 aliphatic rings. The lowest BCUT2D eigenvalue weighted by atomic mass is 10.3. The van der Waals surface area contributed by atoms with Crippen LogP contribution in [0.4, 0.5) is 4.39 Å². The van der Waals surface area contributed by atoms with E-state index in [1.165, 1.54) is 6.08 Å². The van der Waals surface area contributed by atoms with Gasteiger partial charge in [-0.05, 0) is 24.8 Å². The van der Waals surface area contributed by atoms with Crippen molar-refractivity contribution in [3.8, 4) is 0 Å². The molecule has 0 atom stereocenters. The highest BCUT2D eigenvalue weighted by molar-refractivity contribution is 5.83. The van der Waals surface area contributed by atoms with E-state index in [9.17, 15) is 9.18 Å². The van der Waals surface area contributed by atoms with E-state index in [-0.39, 0.29) is 5.92 Å². The third-order valence-corrected chi connectivity index (χ3v) is 1.21. The van der Waals surface area contributed by atoms with Crippen LogP contribution in [0.2, 0.25) is 0 Å². The molecule has 0 aromatic carbocycles. The number of rotatable bonds is 2. The van der Waals surface area contributed by atoms with Gasteiger partial charge in [0.2, 0.25) is 5.83 Å².